The van der Waals surface area contributed by atoms with Crippen molar-refractivity contribution in [2.75, 3.05) is 4.90 Å². The van der Waals surface area contributed by atoms with E-state index in [0.29, 0.717) is 17.2 Å². The van der Waals surface area contributed by atoms with E-state index in [1.54, 1.807) is 24.3 Å². The Labute approximate surface area is 196 Å². The zero-order valence-electron chi connectivity index (χ0n) is 17.3. The van der Waals surface area contributed by atoms with E-state index in [1.165, 1.54) is 6.07 Å². The maximum atomic E-state index is 13.8. The van der Waals surface area contributed by atoms with Crippen LogP contribution in [0, 0.1) is 11.8 Å². The van der Waals surface area contributed by atoms with Gasteiger partial charge < -0.3 is 4.79 Å². The number of anilines is 1. The number of hydrogen-bond acceptors (Lipinski definition) is 3. The molecule has 0 spiro atoms. The van der Waals surface area contributed by atoms with Crippen LogP contribution in [0.1, 0.15) is 33.7 Å². The summed E-state index contributed by atoms with van der Waals surface area (Å²) in [6, 6.07) is 17.4. The maximum absolute atomic E-state index is 13.8. The molecule has 4 nitrogen and oxygen atoms in total. The minimum Gasteiger partial charge on any atom is -0.302 e. The Morgan fingerprint density at radius 2 is 1.47 bits per heavy atom. The van der Waals surface area contributed by atoms with E-state index in [4.69, 9.17) is 11.6 Å². The summed E-state index contributed by atoms with van der Waals surface area (Å²) >= 11 is 5.75. The summed E-state index contributed by atoms with van der Waals surface area (Å²) in [5.74, 6) is -3.77. The van der Waals surface area contributed by atoms with Crippen LogP contribution in [0.3, 0.4) is 0 Å². The molecule has 2 bridgehead atoms. The van der Waals surface area contributed by atoms with Gasteiger partial charge in [-0.15, -0.1) is 0 Å². The summed E-state index contributed by atoms with van der Waals surface area (Å²) in [4.78, 5) is 41.2. The molecule has 0 radical (unpaired) electrons. The van der Waals surface area contributed by atoms with Crippen molar-refractivity contribution in [3.63, 3.8) is 0 Å². The Morgan fingerprint density at radius 1 is 0.882 bits per heavy atom. The second-order valence-electron chi connectivity index (χ2n) is 8.82. The summed E-state index contributed by atoms with van der Waals surface area (Å²) in [5, 5.41) is -0.531. The fourth-order valence-electron chi connectivity index (χ4n) is 6.15. The van der Waals surface area contributed by atoms with Gasteiger partial charge in [0.15, 0.2) is 0 Å². The molecule has 170 valence electrons. The minimum absolute atomic E-state index is 0.213. The van der Waals surface area contributed by atoms with Gasteiger partial charge in [-0.3, -0.25) is 9.59 Å². The largest absolute Gasteiger partial charge is 0.417 e. The molecule has 3 aromatic rings. The quantitative estimate of drug-likeness (QED) is 0.377. The average Bonchev–Trinajstić information content (AvgIpc) is 3.09. The highest BCUT2D eigenvalue weighted by Gasteiger charge is 2.68. The lowest BCUT2D eigenvalue weighted by atomic mass is 9.48. The van der Waals surface area contributed by atoms with Gasteiger partial charge in [-0.05, 0) is 40.5 Å². The van der Waals surface area contributed by atoms with Gasteiger partial charge in [0.1, 0.15) is 6.29 Å². The van der Waals surface area contributed by atoms with Crippen LogP contribution in [0.5, 0.6) is 0 Å². The zero-order chi connectivity index (χ0) is 24.0. The van der Waals surface area contributed by atoms with Crippen LogP contribution in [0.4, 0.5) is 18.9 Å². The van der Waals surface area contributed by atoms with E-state index in [9.17, 15) is 27.6 Å². The van der Waals surface area contributed by atoms with Crippen LogP contribution >= 0.6 is 11.6 Å². The number of halogens is 4. The highest BCUT2D eigenvalue weighted by molar-refractivity contribution is 6.32. The predicted molar refractivity (Wildman–Crippen MR) is 117 cm³/mol. The molecule has 4 aliphatic rings. The first-order valence-corrected chi connectivity index (χ1v) is 11.0. The first kappa shape index (κ1) is 21.1. The molecule has 1 aliphatic heterocycles. The predicted octanol–water partition coefficient (Wildman–Crippen LogP) is 5.11. The van der Waals surface area contributed by atoms with Crippen molar-refractivity contribution in [3.05, 3.63) is 99.6 Å². The number of aldehydes is 1. The number of rotatable bonds is 2. The van der Waals surface area contributed by atoms with E-state index in [-0.39, 0.29) is 5.69 Å². The lowest BCUT2D eigenvalue weighted by Crippen LogP contribution is -2.54. The van der Waals surface area contributed by atoms with Gasteiger partial charge >= 0.3 is 6.18 Å². The Bertz CT molecular complexity index is 1370. The number of alkyl halides is 3. The third kappa shape index (κ3) is 2.42. The van der Waals surface area contributed by atoms with Gasteiger partial charge in [-0.1, -0.05) is 60.1 Å². The normalized spacial score (nSPS) is 26.8. The second-order valence-corrected chi connectivity index (χ2v) is 9.22. The molecule has 0 saturated carbocycles. The summed E-state index contributed by atoms with van der Waals surface area (Å²) in [5.41, 5.74) is 0.119. The SMILES string of the molecule is O=CC12c3ccccc3C(c3ccccc31)[C@H]1C(=O)N(c3ccc(Cl)c(C(F)(F)F)c3)C(=O)[C@H]12. The van der Waals surface area contributed by atoms with Crippen molar-refractivity contribution in [1.82, 2.24) is 0 Å². The second kappa shape index (κ2) is 6.79. The molecule has 3 aromatic carbocycles. The van der Waals surface area contributed by atoms with Gasteiger partial charge in [0.2, 0.25) is 11.8 Å². The topological polar surface area (TPSA) is 54.5 Å². The molecule has 2 amide bonds. The molecule has 0 unspecified atom stereocenters. The number of nitrogens with zero attached hydrogens (tertiary/aromatic N) is 1. The monoisotopic (exact) mass is 481 g/mol. The van der Waals surface area contributed by atoms with Crippen molar-refractivity contribution in [1.29, 1.82) is 0 Å². The molecule has 0 aromatic heterocycles. The number of carbonyl (C=O) groups is 3. The molecule has 1 fully saturated rings. The average molecular weight is 482 g/mol. The molecular formula is C26H15ClF3NO3. The van der Waals surface area contributed by atoms with E-state index >= 15 is 0 Å². The smallest absolute Gasteiger partial charge is 0.302 e. The molecule has 7 rings (SSSR count). The van der Waals surface area contributed by atoms with Crippen molar-refractivity contribution < 1.29 is 27.6 Å². The van der Waals surface area contributed by atoms with Crippen molar-refractivity contribution >= 4 is 35.4 Å². The summed E-state index contributed by atoms with van der Waals surface area (Å²) in [7, 11) is 0. The maximum Gasteiger partial charge on any atom is 0.417 e. The van der Waals surface area contributed by atoms with Gasteiger partial charge in [-0.25, -0.2) is 4.90 Å². The number of imide groups is 1. The highest BCUT2D eigenvalue weighted by Crippen LogP contribution is 2.63. The summed E-state index contributed by atoms with van der Waals surface area (Å²) in [6.45, 7) is 0. The van der Waals surface area contributed by atoms with Gasteiger partial charge in [0, 0.05) is 5.92 Å². The third-order valence-electron chi connectivity index (χ3n) is 7.38. The summed E-state index contributed by atoms with van der Waals surface area (Å²) in [6.07, 6.45) is -4.05. The van der Waals surface area contributed by atoms with Crippen LogP contribution in [-0.4, -0.2) is 18.1 Å². The third-order valence-corrected chi connectivity index (χ3v) is 7.71. The molecule has 1 heterocycles. The van der Waals surface area contributed by atoms with Crippen LogP contribution in [0.15, 0.2) is 66.7 Å². The van der Waals surface area contributed by atoms with Crippen molar-refractivity contribution in [3.8, 4) is 0 Å². The van der Waals surface area contributed by atoms with Gasteiger partial charge in [0.25, 0.3) is 0 Å². The van der Waals surface area contributed by atoms with Gasteiger partial charge in [-0.2, -0.15) is 13.2 Å². The zero-order valence-corrected chi connectivity index (χ0v) is 18.1. The van der Waals surface area contributed by atoms with E-state index in [1.807, 2.05) is 24.3 Å². The molecule has 3 aliphatic carbocycles. The Balaban J connectivity index is 1.59. The Kier molecular flexibility index (Phi) is 4.22. The van der Waals surface area contributed by atoms with E-state index in [0.717, 1.165) is 28.4 Å². The minimum atomic E-state index is -4.76. The first-order valence-electron chi connectivity index (χ1n) is 10.6. The number of hydrogen-bond donors (Lipinski definition) is 0. The fourth-order valence-corrected chi connectivity index (χ4v) is 6.38. The van der Waals surface area contributed by atoms with Crippen LogP contribution in [-0.2, 0) is 26.0 Å². The molecule has 0 N–H and O–H groups in total. The highest BCUT2D eigenvalue weighted by atomic mass is 35.5. The lowest BCUT2D eigenvalue weighted by molar-refractivity contribution is -0.137. The standard InChI is InChI=1S/C26H15ClF3NO3/c27-19-10-9-13(11-18(19)26(28,29)30)31-23(33)21-20-14-5-1-3-7-16(14)25(12-32,22(21)24(31)34)17-8-4-2-6-15(17)20/h1-12,20-22H/t20?,21-,22+,25?/m1/s1. The van der Waals surface area contributed by atoms with Crippen LogP contribution in [0.25, 0.3) is 0 Å². The van der Waals surface area contributed by atoms with E-state index < -0.39 is 51.7 Å². The van der Waals surface area contributed by atoms with Crippen LogP contribution < -0.4 is 4.90 Å². The lowest BCUT2D eigenvalue weighted by Gasteiger charge is -2.51. The number of carbonyl (C=O) groups excluding carboxylic acids is 3. The molecule has 2 atom stereocenters. The number of benzene rings is 3. The van der Waals surface area contributed by atoms with Crippen molar-refractivity contribution in [2.45, 2.75) is 17.5 Å². The molecular weight excluding hydrogens is 467 g/mol. The molecule has 34 heavy (non-hydrogen) atoms. The Hall–Kier alpha value is -3.45. The number of amides is 2. The Morgan fingerprint density at radius 3 is 2.03 bits per heavy atom. The fraction of sp³-hybridized carbons (Fsp3) is 0.192. The van der Waals surface area contributed by atoms with E-state index in [2.05, 4.69) is 0 Å². The van der Waals surface area contributed by atoms with Gasteiger partial charge in [0.05, 0.1) is 33.5 Å². The van der Waals surface area contributed by atoms with Crippen LogP contribution in [0.2, 0.25) is 5.02 Å². The molecule has 1 saturated heterocycles. The first-order chi connectivity index (χ1) is 16.2. The summed E-state index contributed by atoms with van der Waals surface area (Å²) < 4.78 is 40.5. The molecule has 8 heteroatoms. The van der Waals surface area contributed by atoms with Crippen molar-refractivity contribution in [2.24, 2.45) is 11.8 Å².